The fraction of sp³-hybridized carbons (Fsp3) is 0.500. The molecule has 0 aliphatic heterocycles. The van der Waals surface area contributed by atoms with Gasteiger partial charge in [0, 0.05) is 5.92 Å². The van der Waals surface area contributed by atoms with Crippen LogP contribution < -0.4 is 5.43 Å². The van der Waals surface area contributed by atoms with Crippen LogP contribution in [0.25, 0.3) is 0 Å². The van der Waals surface area contributed by atoms with E-state index in [4.69, 9.17) is 0 Å². The van der Waals surface area contributed by atoms with Crippen molar-refractivity contribution in [1.82, 2.24) is 5.43 Å². The summed E-state index contributed by atoms with van der Waals surface area (Å²) in [5.41, 5.74) is 3.39. The summed E-state index contributed by atoms with van der Waals surface area (Å²) in [5.74, 6) is 0.213. The van der Waals surface area contributed by atoms with Crippen molar-refractivity contribution in [2.45, 2.75) is 32.6 Å². The minimum absolute atomic E-state index is 0.0105. The van der Waals surface area contributed by atoms with E-state index in [1.807, 2.05) is 0 Å². The molecule has 3 N–H and O–H groups in total. The van der Waals surface area contributed by atoms with Crippen LogP contribution in [0.1, 0.15) is 38.2 Å². The van der Waals surface area contributed by atoms with Crippen LogP contribution in [0.5, 0.6) is 11.5 Å². The zero-order valence-corrected chi connectivity index (χ0v) is 12.0. The maximum absolute atomic E-state index is 12.2. The molecule has 1 aromatic carbocycles. The van der Waals surface area contributed by atoms with Gasteiger partial charge in [0.05, 0.1) is 6.21 Å². The van der Waals surface area contributed by atoms with E-state index in [9.17, 15) is 15.0 Å². The van der Waals surface area contributed by atoms with E-state index in [2.05, 4.69) is 17.5 Å². The number of amides is 1. The number of carbonyl (C=O) groups excluding carboxylic acids is 1. The Balaban J connectivity index is 1.59. The summed E-state index contributed by atoms with van der Waals surface area (Å²) in [6.45, 7) is 2.20. The fourth-order valence-corrected chi connectivity index (χ4v) is 3.71. The van der Waals surface area contributed by atoms with Crippen LogP contribution in [0.15, 0.2) is 23.3 Å². The average Bonchev–Trinajstić information content (AvgIpc) is 3.08. The lowest BCUT2D eigenvalue weighted by molar-refractivity contribution is -0.123. The zero-order valence-electron chi connectivity index (χ0n) is 12.0. The second-order valence-electron chi connectivity index (χ2n) is 6.32. The highest BCUT2D eigenvalue weighted by Crippen LogP contribution is 2.66. The van der Waals surface area contributed by atoms with Crippen LogP contribution in [0.2, 0.25) is 0 Å². The van der Waals surface area contributed by atoms with Crippen LogP contribution >= 0.6 is 0 Å². The van der Waals surface area contributed by atoms with Crippen molar-refractivity contribution < 1.29 is 15.0 Å². The highest BCUT2D eigenvalue weighted by atomic mass is 16.3. The van der Waals surface area contributed by atoms with Gasteiger partial charge in [-0.25, -0.2) is 5.43 Å². The summed E-state index contributed by atoms with van der Waals surface area (Å²) in [7, 11) is 0. The molecule has 0 bridgehead atoms. The number of phenols is 2. The van der Waals surface area contributed by atoms with E-state index in [-0.39, 0.29) is 28.7 Å². The predicted octanol–water partition coefficient (Wildman–Crippen LogP) is 2.37. The summed E-state index contributed by atoms with van der Waals surface area (Å²) in [6.07, 6.45) is 6.17. The molecule has 2 aliphatic carbocycles. The Kier molecular flexibility index (Phi) is 3.35. The molecule has 21 heavy (non-hydrogen) atoms. The molecule has 2 fully saturated rings. The predicted molar refractivity (Wildman–Crippen MR) is 79.1 cm³/mol. The van der Waals surface area contributed by atoms with Crippen LogP contribution in [0, 0.1) is 17.3 Å². The van der Waals surface area contributed by atoms with Gasteiger partial charge >= 0.3 is 0 Å². The van der Waals surface area contributed by atoms with Crippen LogP contribution in [0.4, 0.5) is 0 Å². The summed E-state index contributed by atoms with van der Waals surface area (Å²) >= 11 is 0. The number of hydrogen-bond acceptors (Lipinski definition) is 4. The molecule has 0 spiro atoms. The van der Waals surface area contributed by atoms with Crippen molar-refractivity contribution >= 4 is 12.1 Å². The first-order chi connectivity index (χ1) is 10.0. The van der Waals surface area contributed by atoms with Gasteiger partial charge in [-0.3, -0.25) is 4.79 Å². The van der Waals surface area contributed by atoms with E-state index in [0.29, 0.717) is 11.5 Å². The molecule has 2 saturated carbocycles. The Labute approximate surface area is 123 Å². The van der Waals surface area contributed by atoms with Crippen molar-refractivity contribution in [2.24, 2.45) is 22.4 Å². The number of hydrazone groups is 1. The molecule has 0 heterocycles. The van der Waals surface area contributed by atoms with E-state index in [0.717, 1.165) is 12.8 Å². The minimum atomic E-state index is -0.203. The smallest absolute Gasteiger partial charge is 0.244 e. The standard InChI is InChI=1S/C16H20N2O3/c1-16-7-3-2-4-11(16)14(16)15(21)18-17-9-10-5-6-12(19)13(20)8-10/h5-6,8-9,11,14,19-20H,2-4,7H2,1H3,(H,18,21)/b17-9+. The number of fused-ring (bicyclic) bond motifs is 1. The lowest BCUT2D eigenvalue weighted by atomic mass is 9.90. The number of nitrogens with zero attached hydrogens (tertiary/aromatic N) is 1. The first-order valence-electron chi connectivity index (χ1n) is 7.37. The van der Waals surface area contributed by atoms with Gasteiger partial charge in [0.2, 0.25) is 5.91 Å². The SMILES string of the molecule is CC12CCCCC1C2C(=O)N/N=C/c1ccc(O)c(O)c1. The quantitative estimate of drug-likeness (QED) is 0.454. The third-order valence-corrected chi connectivity index (χ3v) is 5.00. The number of benzene rings is 1. The molecule has 3 unspecified atom stereocenters. The Morgan fingerprint density at radius 2 is 2.19 bits per heavy atom. The van der Waals surface area contributed by atoms with Gasteiger partial charge in [0.25, 0.3) is 0 Å². The van der Waals surface area contributed by atoms with E-state index >= 15 is 0 Å². The maximum Gasteiger partial charge on any atom is 0.244 e. The highest BCUT2D eigenvalue weighted by Gasteiger charge is 2.64. The Hall–Kier alpha value is -2.04. The number of carbonyl (C=O) groups is 1. The topological polar surface area (TPSA) is 81.9 Å². The Bertz CT molecular complexity index is 599. The molecule has 1 aromatic rings. The van der Waals surface area contributed by atoms with Crippen LogP contribution in [-0.2, 0) is 4.79 Å². The van der Waals surface area contributed by atoms with E-state index < -0.39 is 0 Å². The number of nitrogens with one attached hydrogen (secondary N) is 1. The normalized spacial score (nSPS) is 30.9. The van der Waals surface area contributed by atoms with Gasteiger partial charge in [-0.2, -0.15) is 5.10 Å². The van der Waals surface area contributed by atoms with Crippen molar-refractivity contribution in [2.75, 3.05) is 0 Å². The number of rotatable bonds is 3. The highest BCUT2D eigenvalue weighted by molar-refractivity contribution is 5.86. The summed E-state index contributed by atoms with van der Waals surface area (Å²) in [5, 5.41) is 22.5. The zero-order chi connectivity index (χ0) is 15.0. The summed E-state index contributed by atoms with van der Waals surface area (Å²) < 4.78 is 0. The average molecular weight is 288 g/mol. The minimum Gasteiger partial charge on any atom is -0.504 e. The number of phenolic OH excluding ortho intramolecular Hbond substituents is 2. The Morgan fingerprint density at radius 1 is 1.38 bits per heavy atom. The van der Waals surface area contributed by atoms with Crippen LogP contribution in [0.3, 0.4) is 0 Å². The molecular weight excluding hydrogens is 268 g/mol. The monoisotopic (exact) mass is 288 g/mol. The lowest BCUT2D eigenvalue weighted by Gasteiger charge is -2.15. The molecule has 5 heteroatoms. The number of hydrogen-bond donors (Lipinski definition) is 3. The second-order valence-corrected chi connectivity index (χ2v) is 6.32. The van der Waals surface area contributed by atoms with Gasteiger partial charge < -0.3 is 10.2 Å². The summed E-state index contributed by atoms with van der Waals surface area (Å²) in [4.78, 5) is 12.2. The van der Waals surface area contributed by atoms with Crippen LogP contribution in [-0.4, -0.2) is 22.3 Å². The molecule has 0 saturated heterocycles. The first kappa shape index (κ1) is 13.9. The molecule has 112 valence electrons. The van der Waals surface area contributed by atoms with Gasteiger partial charge in [-0.05, 0) is 47.9 Å². The molecule has 3 rings (SSSR count). The summed E-state index contributed by atoms with van der Waals surface area (Å²) in [6, 6.07) is 4.39. The molecule has 0 aromatic heterocycles. The Morgan fingerprint density at radius 3 is 2.86 bits per heavy atom. The molecule has 1 amide bonds. The largest absolute Gasteiger partial charge is 0.504 e. The molecule has 2 aliphatic rings. The van der Waals surface area contributed by atoms with Gasteiger partial charge in [0.1, 0.15) is 0 Å². The van der Waals surface area contributed by atoms with Gasteiger partial charge in [0.15, 0.2) is 11.5 Å². The third kappa shape index (κ3) is 2.48. The molecule has 3 atom stereocenters. The molecular formula is C16H20N2O3. The second kappa shape index (κ2) is 5.06. The lowest BCUT2D eigenvalue weighted by Crippen LogP contribution is -2.22. The van der Waals surface area contributed by atoms with Gasteiger partial charge in [-0.15, -0.1) is 0 Å². The third-order valence-electron chi connectivity index (χ3n) is 5.00. The van der Waals surface area contributed by atoms with Crippen molar-refractivity contribution in [3.05, 3.63) is 23.8 Å². The van der Waals surface area contributed by atoms with E-state index in [1.165, 1.54) is 31.2 Å². The van der Waals surface area contributed by atoms with Crippen molar-refractivity contribution in [3.63, 3.8) is 0 Å². The van der Waals surface area contributed by atoms with Gasteiger partial charge in [-0.1, -0.05) is 19.8 Å². The molecule has 5 nitrogen and oxygen atoms in total. The first-order valence-corrected chi connectivity index (χ1v) is 7.37. The molecule has 0 radical (unpaired) electrons. The number of aromatic hydroxyl groups is 2. The van der Waals surface area contributed by atoms with E-state index in [1.54, 1.807) is 6.07 Å². The maximum atomic E-state index is 12.2. The van der Waals surface area contributed by atoms with Crippen molar-refractivity contribution in [1.29, 1.82) is 0 Å². The fourth-order valence-electron chi connectivity index (χ4n) is 3.71. The van der Waals surface area contributed by atoms with Crippen molar-refractivity contribution in [3.8, 4) is 11.5 Å².